The fraction of sp³-hybridized carbons (Fsp3) is 0.333. The standard InChI is InChI=1S/C6H8NO3PS/c7-4-11(8)9-6(10-11)5-2-1-3-12-5/h1-3,6H,4,7H2. The highest BCUT2D eigenvalue weighted by atomic mass is 32.1. The maximum absolute atomic E-state index is 11.2. The third kappa shape index (κ3) is 1.34. The van der Waals surface area contributed by atoms with Crippen LogP contribution in [0, 0.1) is 0 Å². The fourth-order valence-electron chi connectivity index (χ4n) is 0.915. The van der Waals surface area contributed by atoms with Gasteiger partial charge in [0.15, 0.2) is 0 Å². The molecule has 0 atom stereocenters. The van der Waals surface area contributed by atoms with Crippen LogP contribution in [0.5, 0.6) is 0 Å². The number of nitrogens with two attached hydrogens (primary N) is 1. The van der Waals surface area contributed by atoms with Crippen LogP contribution in [0.15, 0.2) is 17.5 Å². The van der Waals surface area contributed by atoms with E-state index in [1.807, 2.05) is 17.5 Å². The SMILES string of the molecule is NCP1(=O)OC(c2cccs2)O1. The van der Waals surface area contributed by atoms with E-state index in [4.69, 9.17) is 14.8 Å². The zero-order valence-corrected chi connectivity index (χ0v) is 7.88. The highest BCUT2D eigenvalue weighted by molar-refractivity contribution is 7.54. The van der Waals surface area contributed by atoms with E-state index in [1.54, 1.807) is 0 Å². The minimum Gasteiger partial charge on any atom is -0.320 e. The van der Waals surface area contributed by atoms with Gasteiger partial charge in [-0.05, 0) is 11.4 Å². The maximum Gasteiger partial charge on any atom is 0.349 e. The lowest BCUT2D eigenvalue weighted by Gasteiger charge is -2.33. The molecule has 0 aliphatic carbocycles. The lowest BCUT2D eigenvalue weighted by Crippen LogP contribution is -2.21. The Bertz CT molecular complexity index is 303. The van der Waals surface area contributed by atoms with Gasteiger partial charge in [-0.1, -0.05) is 6.07 Å². The van der Waals surface area contributed by atoms with Crippen molar-refractivity contribution >= 4 is 18.9 Å². The molecule has 0 aromatic carbocycles. The van der Waals surface area contributed by atoms with Crippen LogP contribution in [0.4, 0.5) is 0 Å². The molecular formula is C6H8NO3PS. The molecule has 2 heterocycles. The summed E-state index contributed by atoms with van der Waals surface area (Å²) in [5.74, 6) is 0. The molecule has 1 aromatic rings. The molecule has 0 spiro atoms. The summed E-state index contributed by atoms with van der Waals surface area (Å²) in [6.45, 7) is 0. The first kappa shape index (κ1) is 8.41. The van der Waals surface area contributed by atoms with E-state index in [-0.39, 0.29) is 6.29 Å². The number of thiophene rings is 1. The molecule has 1 fully saturated rings. The summed E-state index contributed by atoms with van der Waals surface area (Å²) in [5.41, 5.74) is 5.17. The Morgan fingerprint density at radius 2 is 2.42 bits per heavy atom. The van der Waals surface area contributed by atoms with Gasteiger partial charge in [-0.2, -0.15) is 0 Å². The molecule has 66 valence electrons. The molecule has 4 nitrogen and oxygen atoms in total. The van der Waals surface area contributed by atoms with Crippen molar-refractivity contribution in [1.82, 2.24) is 0 Å². The second kappa shape index (κ2) is 2.94. The first-order chi connectivity index (χ1) is 5.73. The van der Waals surface area contributed by atoms with Gasteiger partial charge >= 0.3 is 7.60 Å². The molecule has 6 heteroatoms. The molecule has 0 radical (unpaired) electrons. The molecule has 0 saturated carbocycles. The zero-order chi connectivity index (χ0) is 8.60. The van der Waals surface area contributed by atoms with Crippen molar-refractivity contribution in [3.05, 3.63) is 22.4 Å². The summed E-state index contributed by atoms with van der Waals surface area (Å²) in [6.07, 6.45) is -0.506. The van der Waals surface area contributed by atoms with Crippen LogP contribution < -0.4 is 5.73 Å². The molecule has 1 aliphatic rings. The minimum absolute atomic E-state index is 0.0468. The van der Waals surface area contributed by atoms with Crippen molar-refractivity contribution in [2.24, 2.45) is 5.73 Å². The Labute approximate surface area is 73.8 Å². The third-order valence-electron chi connectivity index (χ3n) is 1.51. The maximum atomic E-state index is 11.2. The van der Waals surface area contributed by atoms with Crippen molar-refractivity contribution in [2.75, 3.05) is 6.29 Å². The number of hydrogen-bond donors (Lipinski definition) is 1. The van der Waals surface area contributed by atoms with Crippen molar-refractivity contribution in [3.8, 4) is 0 Å². The lowest BCUT2D eigenvalue weighted by molar-refractivity contribution is -0.0921. The Balaban J connectivity index is 2.03. The van der Waals surface area contributed by atoms with Crippen LogP contribution in [0.1, 0.15) is 11.2 Å². The molecule has 2 rings (SSSR count). The topological polar surface area (TPSA) is 61.6 Å². The van der Waals surface area contributed by atoms with Gasteiger partial charge in [0, 0.05) is 0 Å². The Morgan fingerprint density at radius 3 is 2.92 bits per heavy atom. The smallest absolute Gasteiger partial charge is 0.320 e. The van der Waals surface area contributed by atoms with Gasteiger partial charge < -0.3 is 5.73 Å². The fourth-order valence-corrected chi connectivity index (χ4v) is 2.73. The summed E-state index contributed by atoms with van der Waals surface area (Å²) in [4.78, 5) is 0.926. The van der Waals surface area contributed by atoms with Gasteiger partial charge in [0.25, 0.3) is 0 Å². The monoisotopic (exact) mass is 205 g/mol. The largest absolute Gasteiger partial charge is 0.349 e. The van der Waals surface area contributed by atoms with Gasteiger partial charge in [-0.25, -0.2) is 0 Å². The average Bonchev–Trinajstić information content (AvgIpc) is 2.50. The summed E-state index contributed by atoms with van der Waals surface area (Å²) in [6, 6.07) is 3.76. The first-order valence-corrected chi connectivity index (χ1v) is 6.03. The second-order valence-electron chi connectivity index (χ2n) is 2.35. The average molecular weight is 205 g/mol. The van der Waals surface area contributed by atoms with E-state index >= 15 is 0 Å². The lowest BCUT2D eigenvalue weighted by atomic mass is 10.5. The summed E-state index contributed by atoms with van der Waals surface area (Å²) < 4.78 is 21.3. The molecule has 0 unspecified atom stereocenters. The predicted octanol–water partition coefficient (Wildman–Crippen LogP) is 1.90. The van der Waals surface area contributed by atoms with Gasteiger partial charge in [-0.15, -0.1) is 11.3 Å². The molecule has 0 amide bonds. The second-order valence-corrected chi connectivity index (χ2v) is 5.34. The van der Waals surface area contributed by atoms with E-state index in [0.29, 0.717) is 0 Å². The van der Waals surface area contributed by atoms with Gasteiger partial charge in [0.05, 0.1) is 11.2 Å². The summed E-state index contributed by atoms with van der Waals surface area (Å²) >= 11 is 1.51. The quantitative estimate of drug-likeness (QED) is 0.749. The van der Waals surface area contributed by atoms with Gasteiger partial charge in [0.1, 0.15) is 0 Å². The van der Waals surface area contributed by atoms with Crippen LogP contribution in [-0.2, 0) is 13.6 Å². The molecule has 0 bridgehead atoms. The number of rotatable bonds is 2. The van der Waals surface area contributed by atoms with E-state index in [9.17, 15) is 4.57 Å². The normalized spacial score (nSPS) is 34.6. The highest BCUT2D eigenvalue weighted by Crippen LogP contribution is 2.64. The van der Waals surface area contributed by atoms with Crippen molar-refractivity contribution in [3.63, 3.8) is 0 Å². The Morgan fingerprint density at radius 1 is 1.67 bits per heavy atom. The van der Waals surface area contributed by atoms with Crippen molar-refractivity contribution in [1.29, 1.82) is 0 Å². The van der Waals surface area contributed by atoms with Crippen molar-refractivity contribution in [2.45, 2.75) is 6.29 Å². The van der Waals surface area contributed by atoms with E-state index in [1.165, 1.54) is 11.3 Å². The Hall–Kier alpha value is -0.190. The van der Waals surface area contributed by atoms with Crippen LogP contribution in [-0.4, -0.2) is 6.29 Å². The molecular weight excluding hydrogens is 197 g/mol. The van der Waals surface area contributed by atoms with Crippen LogP contribution in [0.25, 0.3) is 0 Å². The third-order valence-corrected chi connectivity index (χ3v) is 3.88. The van der Waals surface area contributed by atoms with Crippen LogP contribution in [0.2, 0.25) is 0 Å². The molecule has 1 aliphatic heterocycles. The summed E-state index contributed by atoms with van der Waals surface area (Å²) in [7, 11) is -2.89. The molecule has 2 N–H and O–H groups in total. The predicted molar refractivity (Wildman–Crippen MR) is 45.9 cm³/mol. The molecule has 1 aromatic heterocycles. The van der Waals surface area contributed by atoms with E-state index in [0.717, 1.165) is 4.88 Å². The zero-order valence-electron chi connectivity index (χ0n) is 6.17. The van der Waals surface area contributed by atoms with Crippen LogP contribution >= 0.6 is 18.9 Å². The number of hydrogen-bond acceptors (Lipinski definition) is 5. The molecule has 1 saturated heterocycles. The van der Waals surface area contributed by atoms with Gasteiger partial charge in [-0.3, -0.25) is 13.6 Å². The summed E-state index contributed by atoms with van der Waals surface area (Å²) in [5, 5.41) is 1.91. The minimum atomic E-state index is -2.89. The van der Waals surface area contributed by atoms with Crippen LogP contribution in [0.3, 0.4) is 0 Å². The van der Waals surface area contributed by atoms with E-state index in [2.05, 4.69) is 0 Å². The molecule has 12 heavy (non-hydrogen) atoms. The first-order valence-electron chi connectivity index (χ1n) is 3.43. The Kier molecular flexibility index (Phi) is 2.06. The van der Waals surface area contributed by atoms with Gasteiger partial charge in [0.2, 0.25) is 6.29 Å². The van der Waals surface area contributed by atoms with E-state index < -0.39 is 13.9 Å². The van der Waals surface area contributed by atoms with Crippen molar-refractivity contribution < 1.29 is 13.6 Å². The highest BCUT2D eigenvalue weighted by Gasteiger charge is 2.42.